The first kappa shape index (κ1) is 22.0. The van der Waals surface area contributed by atoms with E-state index >= 15 is 8.78 Å². The zero-order chi connectivity index (χ0) is 25.0. The van der Waals surface area contributed by atoms with Crippen molar-refractivity contribution in [3.05, 3.63) is 77.8 Å². The van der Waals surface area contributed by atoms with Crippen molar-refractivity contribution in [2.24, 2.45) is 7.05 Å². The van der Waals surface area contributed by atoms with Crippen LogP contribution in [0.3, 0.4) is 0 Å². The summed E-state index contributed by atoms with van der Waals surface area (Å²) in [4.78, 5) is 9.02. The average Bonchev–Trinajstić information content (AvgIpc) is 3.58. The molecule has 1 aromatic carbocycles. The number of hydrogen-bond acceptors (Lipinski definition) is 6. The Balaban J connectivity index is 1.38. The molecule has 5 heterocycles. The van der Waals surface area contributed by atoms with Gasteiger partial charge in [-0.1, -0.05) is 12.1 Å². The van der Waals surface area contributed by atoms with Crippen LogP contribution in [0.2, 0.25) is 0 Å². The Morgan fingerprint density at radius 3 is 2.69 bits per heavy atom. The molecule has 0 amide bonds. The van der Waals surface area contributed by atoms with E-state index in [-0.39, 0.29) is 6.54 Å². The van der Waals surface area contributed by atoms with Gasteiger partial charge in [-0.2, -0.15) is 13.9 Å². The first-order chi connectivity index (χ1) is 17.3. The standard InChI is InChI=1S/C24H20F3N9/c1-14-12-28-23(30-19-7-8-29-34(19)2)31-20(14)15-11-18-21-32-33-22(36(21)10-9-35(18)13-15)24(26,27)16-5-3-4-6-17(16)25/h3-8,11-13H,9-10H2,1-2H3,(H,28,30,31). The van der Waals surface area contributed by atoms with E-state index in [0.29, 0.717) is 29.7 Å². The highest BCUT2D eigenvalue weighted by atomic mass is 19.3. The van der Waals surface area contributed by atoms with Crippen LogP contribution in [0.25, 0.3) is 22.8 Å². The fourth-order valence-electron chi connectivity index (χ4n) is 4.40. The minimum Gasteiger partial charge on any atom is -0.342 e. The molecule has 0 fully saturated rings. The Labute approximate surface area is 203 Å². The summed E-state index contributed by atoms with van der Waals surface area (Å²) in [5, 5.41) is 15.1. The van der Waals surface area contributed by atoms with Crippen molar-refractivity contribution in [1.29, 1.82) is 0 Å². The molecule has 1 aliphatic rings. The zero-order valence-corrected chi connectivity index (χ0v) is 19.3. The van der Waals surface area contributed by atoms with E-state index in [1.807, 2.05) is 29.8 Å². The van der Waals surface area contributed by atoms with E-state index in [0.717, 1.165) is 29.1 Å². The number of nitrogens with zero attached hydrogens (tertiary/aromatic N) is 8. The van der Waals surface area contributed by atoms with Gasteiger partial charge in [0.2, 0.25) is 11.8 Å². The van der Waals surface area contributed by atoms with Crippen molar-refractivity contribution in [2.75, 3.05) is 5.32 Å². The van der Waals surface area contributed by atoms with Crippen LogP contribution in [0.1, 0.15) is 17.0 Å². The van der Waals surface area contributed by atoms with Crippen LogP contribution in [0, 0.1) is 12.7 Å². The van der Waals surface area contributed by atoms with Crippen LogP contribution in [0.4, 0.5) is 24.9 Å². The summed E-state index contributed by atoms with van der Waals surface area (Å²) in [5.74, 6) is -3.79. The van der Waals surface area contributed by atoms with Crippen LogP contribution in [-0.2, 0) is 26.1 Å². The number of nitrogens with one attached hydrogen (secondary N) is 1. The van der Waals surface area contributed by atoms with Crippen molar-refractivity contribution in [3.8, 4) is 22.8 Å². The lowest BCUT2D eigenvalue weighted by molar-refractivity contribution is 0.0245. The number of halogens is 3. The molecule has 0 radical (unpaired) electrons. The van der Waals surface area contributed by atoms with Crippen LogP contribution < -0.4 is 5.32 Å². The van der Waals surface area contributed by atoms with Gasteiger partial charge in [-0.05, 0) is 30.7 Å². The van der Waals surface area contributed by atoms with E-state index in [1.54, 1.807) is 24.1 Å². The Hall–Kier alpha value is -4.48. The molecule has 12 heteroatoms. The Morgan fingerprint density at radius 2 is 1.92 bits per heavy atom. The molecule has 9 nitrogen and oxygen atoms in total. The molecular formula is C24H20F3N9. The minimum absolute atomic E-state index is 0.221. The van der Waals surface area contributed by atoms with Crippen LogP contribution in [0.15, 0.2) is 55.0 Å². The highest BCUT2D eigenvalue weighted by Gasteiger charge is 2.43. The fraction of sp³-hybridized carbons (Fsp3) is 0.208. The normalized spacial score (nSPS) is 12.9. The van der Waals surface area contributed by atoms with E-state index in [4.69, 9.17) is 0 Å². The molecule has 0 bridgehead atoms. The molecule has 0 unspecified atom stereocenters. The average molecular weight is 491 g/mol. The van der Waals surface area contributed by atoms with Gasteiger partial charge in [0.25, 0.3) is 0 Å². The Morgan fingerprint density at radius 1 is 1.08 bits per heavy atom. The third-order valence-corrected chi connectivity index (χ3v) is 6.24. The maximum atomic E-state index is 15.3. The lowest BCUT2D eigenvalue weighted by atomic mass is 10.1. The fourth-order valence-corrected chi connectivity index (χ4v) is 4.40. The van der Waals surface area contributed by atoms with Gasteiger partial charge >= 0.3 is 5.92 Å². The molecule has 1 N–H and O–H groups in total. The molecule has 0 saturated carbocycles. The number of rotatable bonds is 5. The SMILES string of the molecule is Cc1cnc(Nc2ccnn2C)nc1-c1cc2n(c1)CCn1c-2nnc1C(F)(F)c1ccccc1F. The van der Waals surface area contributed by atoms with E-state index in [1.165, 1.54) is 16.7 Å². The summed E-state index contributed by atoms with van der Waals surface area (Å²) in [6.45, 7) is 2.54. The molecule has 0 spiro atoms. The molecule has 0 atom stereocenters. The molecular weight excluding hydrogens is 471 g/mol. The molecule has 0 aliphatic carbocycles. The Kier molecular flexibility index (Phi) is 4.92. The smallest absolute Gasteiger partial charge is 0.334 e. The monoisotopic (exact) mass is 491 g/mol. The summed E-state index contributed by atoms with van der Waals surface area (Å²) in [6, 6.07) is 8.47. The lowest BCUT2D eigenvalue weighted by Crippen LogP contribution is -2.26. The molecule has 1 aliphatic heterocycles. The predicted molar refractivity (Wildman–Crippen MR) is 125 cm³/mol. The maximum absolute atomic E-state index is 15.3. The third-order valence-electron chi connectivity index (χ3n) is 6.24. The van der Waals surface area contributed by atoms with Crippen LogP contribution in [0.5, 0.6) is 0 Å². The second-order valence-corrected chi connectivity index (χ2v) is 8.55. The molecule has 36 heavy (non-hydrogen) atoms. The van der Waals surface area contributed by atoms with Crippen molar-refractivity contribution >= 4 is 11.8 Å². The zero-order valence-electron chi connectivity index (χ0n) is 19.3. The number of fused-ring (bicyclic) bond motifs is 3. The molecule has 182 valence electrons. The summed E-state index contributed by atoms with van der Waals surface area (Å²) in [7, 11) is 1.80. The van der Waals surface area contributed by atoms with E-state index < -0.39 is 23.1 Å². The topological polar surface area (TPSA) is 91.3 Å². The van der Waals surface area contributed by atoms with Crippen LogP contribution in [-0.4, -0.2) is 39.1 Å². The van der Waals surface area contributed by atoms with E-state index in [9.17, 15) is 4.39 Å². The van der Waals surface area contributed by atoms with Crippen molar-refractivity contribution in [3.63, 3.8) is 0 Å². The molecule has 6 rings (SSSR count). The molecule has 4 aromatic heterocycles. The first-order valence-electron chi connectivity index (χ1n) is 11.2. The van der Waals surface area contributed by atoms with Gasteiger partial charge in [0.15, 0.2) is 5.82 Å². The van der Waals surface area contributed by atoms with Gasteiger partial charge in [0.05, 0.1) is 23.1 Å². The van der Waals surface area contributed by atoms with Gasteiger partial charge in [-0.15, -0.1) is 10.2 Å². The second kappa shape index (κ2) is 8.04. The summed E-state index contributed by atoms with van der Waals surface area (Å²) in [5.41, 5.74) is 2.23. The summed E-state index contributed by atoms with van der Waals surface area (Å²) >= 11 is 0. The van der Waals surface area contributed by atoms with Gasteiger partial charge in [-0.3, -0.25) is 4.68 Å². The van der Waals surface area contributed by atoms with E-state index in [2.05, 4.69) is 30.6 Å². The second-order valence-electron chi connectivity index (χ2n) is 8.55. The van der Waals surface area contributed by atoms with Gasteiger partial charge in [0, 0.05) is 44.2 Å². The minimum atomic E-state index is -3.64. The highest BCUT2D eigenvalue weighted by Crippen LogP contribution is 2.39. The quantitative estimate of drug-likeness (QED) is 0.395. The predicted octanol–water partition coefficient (Wildman–Crippen LogP) is 4.28. The van der Waals surface area contributed by atoms with Crippen molar-refractivity contribution < 1.29 is 13.2 Å². The molecule has 0 saturated heterocycles. The van der Waals surface area contributed by atoms with Crippen molar-refractivity contribution in [1.82, 2.24) is 39.1 Å². The van der Waals surface area contributed by atoms with Crippen molar-refractivity contribution in [2.45, 2.75) is 25.9 Å². The van der Waals surface area contributed by atoms with Gasteiger partial charge in [-0.25, -0.2) is 14.4 Å². The summed E-state index contributed by atoms with van der Waals surface area (Å²) < 4.78 is 49.7. The number of aromatic nitrogens is 8. The number of anilines is 2. The number of alkyl halides is 2. The highest BCUT2D eigenvalue weighted by molar-refractivity contribution is 5.70. The number of hydrogen-bond donors (Lipinski definition) is 1. The van der Waals surface area contributed by atoms with Gasteiger partial charge < -0.3 is 14.5 Å². The molecule has 5 aromatic rings. The summed E-state index contributed by atoms with van der Waals surface area (Å²) in [6.07, 6.45) is 5.29. The van der Waals surface area contributed by atoms with Gasteiger partial charge in [0.1, 0.15) is 11.6 Å². The third kappa shape index (κ3) is 3.44. The maximum Gasteiger partial charge on any atom is 0.334 e. The first-order valence-corrected chi connectivity index (χ1v) is 11.2. The van der Waals surface area contributed by atoms with Crippen LogP contribution >= 0.6 is 0 Å². The Bertz CT molecular complexity index is 1600. The number of benzene rings is 1. The largest absolute Gasteiger partial charge is 0.342 e. The lowest BCUT2D eigenvalue weighted by Gasteiger charge is -2.22. The number of aryl methyl sites for hydroxylation is 3.